The van der Waals surface area contributed by atoms with Crippen molar-refractivity contribution in [2.24, 2.45) is 5.92 Å². The largest absolute Gasteiger partial charge is 0.504 e. The Hall–Kier alpha value is -3.70. The summed E-state index contributed by atoms with van der Waals surface area (Å²) < 4.78 is 5.44. The molecule has 35 heavy (non-hydrogen) atoms. The molecule has 0 bridgehead atoms. The third kappa shape index (κ3) is 4.52. The molecular formula is C30H30N2O3. The van der Waals surface area contributed by atoms with E-state index < -0.39 is 0 Å². The van der Waals surface area contributed by atoms with E-state index in [4.69, 9.17) is 4.74 Å². The highest BCUT2D eigenvalue weighted by molar-refractivity contribution is 6.11. The molecule has 1 aliphatic carbocycles. The Balaban J connectivity index is 1.70. The summed E-state index contributed by atoms with van der Waals surface area (Å²) in [6, 6.07) is 18.5. The van der Waals surface area contributed by atoms with Crippen LogP contribution in [-0.4, -0.2) is 42.0 Å². The minimum atomic E-state index is 0.0699. The van der Waals surface area contributed by atoms with Gasteiger partial charge in [-0.3, -0.25) is 9.78 Å². The van der Waals surface area contributed by atoms with E-state index in [1.165, 1.54) is 12.7 Å². The number of hydrogen-bond acceptors (Lipinski definition) is 5. The van der Waals surface area contributed by atoms with Gasteiger partial charge in [0.25, 0.3) is 0 Å². The van der Waals surface area contributed by atoms with E-state index in [2.05, 4.69) is 60.4 Å². The highest BCUT2D eigenvalue weighted by atomic mass is 16.5. The van der Waals surface area contributed by atoms with E-state index in [0.29, 0.717) is 16.9 Å². The highest BCUT2D eigenvalue weighted by Gasteiger charge is 2.33. The van der Waals surface area contributed by atoms with Crippen molar-refractivity contribution in [2.75, 3.05) is 21.2 Å². The molecule has 0 saturated heterocycles. The SMILES string of the molecule is COc1cc(-c2c(C(=O)C3CC3)cnc3ccc(-c4ccc(CN(C)C)cc4)cc23)cc(C)c1O. The predicted molar refractivity (Wildman–Crippen MR) is 140 cm³/mol. The average molecular weight is 467 g/mol. The van der Waals surface area contributed by atoms with Crippen molar-refractivity contribution in [1.29, 1.82) is 0 Å². The first kappa shape index (κ1) is 23.1. The van der Waals surface area contributed by atoms with Gasteiger partial charge >= 0.3 is 0 Å². The number of benzene rings is 3. The summed E-state index contributed by atoms with van der Waals surface area (Å²) in [6.45, 7) is 2.73. The lowest BCUT2D eigenvalue weighted by Gasteiger charge is -2.16. The Kier molecular flexibility index (Phi) is 6.03. The lowest BCUT2D eigenvalue weighted by molar-refractivity contribution is 0.0968. The Labute approximate surface area is 206 Å². The first-order chi connectivity index (χ1) is 16.9. The molecule has 1 aromatic heterocycles. The molecule has 0 amide bonds. The number of pyridine rings is 1. The molecular weight excluding hydrogens is 436 g/mol. The Morgan fingerprint density at radius 3 is 2.40 bits per heavy atom. The number of phenolic OH excluding ortho intramolecular Hbond substituents is 1. The lowest BCUT2D eigenvalue weighted by Crippen LogP contribution is -2.10. The third-order valence-electron chi connectivity index (χ3n) is 6.64. The van der Waals surface area contributed by atoms with Crippen molar-refractivity contribution in [1.82, 2.24) is 9.88 Å². The molecule has 178 valence electrons. The van der Waals surface area contributed by atoms with Crippen molar-refractivity contribution >= 4 is 16.7 Å². The number of carbonyl (C=O) groups is 1. The van der Waals surface area contributed by atoms with Crippen LogP contribution >= 0.6 is 0 Å². The Morgan fingerprint density at radius 1 is 1.03 bits per heavy atom. The van der Waals surface area contributed by atoms with Crippen LogP contribution in [0.25, 0.3) is 33.2 Å². The van der Waals surface area contributed by atoms with E-state index in [-0.39, 0.29) is 17.5 Å². The summed E-state index contributed by atoms with van der Waals surface area (Å²) in [4.78, 5) is 20.1. The molecule has 1 fully saturated rings. The highest BCUT2D eigenvalue weighted by Crippen LogP contribution is 2.42. The van der Waals surface area contributed by atoms with Crippen molar-refractivity contribution in [3.8, 4) is 33.8 Å². The summed E-state index contributed by atoms with van der Waals surface area (Å²) in [5, 5.41) is 11.3. The summed E-state index contributed by atoms with van der Waals surface area (Å²) in [5.41, 5.74) is 7.27. The summed E-state index contributed by atoms with van der Waals surface area (Å²) in [5.74, 6) is 0.712. The minimum absolute atomic E-state index is 0.0699. The minimum Gasteiger partial charge on any atom is -0.504 e. The molecule has 0 atom stereocenters. The number of methoxy groups -OCH3 is 1. The number of aryl methyl sites for hydroxylation is 1. The van der Waals surface area contributed by atoms with Crippen LogP contribution in [0, 0.1) is 12.8 Å². The molecule has 0 aliphatic heterocycles. The van der Waals surface area contributed by atoms with Crippen LogP contribution in [0.1, 0.15) is 34.3 Å². The van der Waals surface area contributed by atoms with Gasteiger partial charge in [-0.15, -0.1) is 0 Å². The first-order valence-electron chi connectivity index (χ1n) is 11.9. The molecule has 1 aliphatic rings. The topological polar surface area (TPSA) is 62.7 Å². The van der Waals surface area contributed by atoms with E-state index in [0.717, 1.165) is 52.5 Å². The number of rotatable bonds is 7. The van der Waals surface area contributed by atoms with Crippen LogP contribution in [-0.2, 0) is 6.54 Å². The smallest absolute Gasteiger partial charge is 0.168 e. The second-order valence-corrected chi connectivity index (χ2v) is 9.70. The third-order valence-corrected chi connectivity index (χ3v) is 6.64. The number of hydrogen-bond donors (Lipinski definition) is 1. The molecule has 1 N–H and O–H groups in total. The molecule has 5 rings (SSSR count). The zero-order valence-corrected chi connectivity index (χ0v) is 20.6. The predicted octanol–water partition coefficient (Wildman–Crippen LogP) is 6.25. The molecule has 3 aromatic carbocycles. The van der Waals surface area contributed by atoms with Crippen molar-refractivity contribution in [3.05, 3.63) is 77.5 Å². The van der Waals surface area contributed by atoms with Gasteiger partial charge in [0.1, 0.15) is 0 Å². The van der Waals surface area contributed by atoms with Crippen LogP contribution in [0.3, 0.4) is 0 Å². The maximum absolute atomic E-state index is 13.3. The van der Waals surface area contributed by atoms with E-state index >= 15 is 0 Å². The fourth-order valence-corrected chi connectivity index (χ4v) is 4.65. The lowest BCUT2D eigenvalue weighted by atomic mass is 9.90. The fourth-order valence-electron chi connectivity index (χ4n) is 4.65. The van der Waals surface area contributed by atoms with Gasteiger partial charge in [-0.25, -0.2) is 0 Å². The number of ketones is 1. The standard InChI is InChI=1S/C30H30N2O3/c1-18-13-23(15-27(35-4)29(18)33)28-24-14-22(20-7-5-19(6-8-20)17-32(2)3)11-12-26(24)31-16-25(28)30(34)21-9-10-21/h5-8,11-16,21,33H,9-10,17H2,1-4H3. The van der Waals surface area contributed by atoms with E-state index in [1.54, 1.807) is 6.20 Å². The number of nitrogens with zero attached hydrogens (tertiary/aromatic N) is 2. The number of Topliss-reactive ketones (excluding diaryl/α,β-unsaturated/α-hetero) is 1. The number of phenols is 1. The molecule has 5 heteroatoms. The molecule has 4 aromatic rings. The number of aromatic nitrogens is 1. The van der Waals surface area contributed by atoms with Crippen LogP contribution in [0.5, 0.6) is 11.5 Å². The van der Waals surface area contributed by atoms with Gasteiger partial charge in [0.2, 0.25) is 0 Å². The zero-order valence-electron chi connectivity index (χ0n) is 20.6. The molecule has 1 saturated carbocycles. The van der Waals surface area contributed by atoms with Gasteiger partial charge in [-0.1, -0.05) is 30.3 Å². The van der Waals surface area contributed by atoms with Crippen molar-refractivity contribution < 1.29 is 14.6 Å². The van der Waals surface area contributed by atoms with Crippen molar-refractivity contribution in [3.63, 3.8) is 0 Å². The fraction of sp³-hybridized carbons (Fsp3) is 0.267. The maximum Gasteiger partial charge on any atom is 0.168 e. The number of carbonyl (C=O) groups excluding carboxylic acids is 1. The molecule has 0 unspecified atom stereocenters. The van der Waals surface area contributed by atoms with E-state index in [9.17, 15) is 9.90 Å². The summed E-state index contributed by atoms with van der Waals surface area (Å²) in [6.07, 6.45) is 3.56. The van der Waals surface area contributed by atoms with E-state index in [1.807, 2.05) is 25.1 Å². The number of fused-ring (bicyclic) bond motifs is 1. The number of ether oxygens (including phenoxy) is 1. The summed E-state index contributed by atoms with van der Waals surface area (Å²) >= 11 is 0. The van der Waals surface area contributed by atoms with Gasteiger partial charge in [0, 0.05) is 35.2 Å². The average Bonchev–Trinajstić information content (AvgIpc) is 3.70. The first-order valence-corrected chi connectivity index (χ1v) is 11.9. The molecule has 1 heterocycles. The summed E-state index contributed by atoms with van der Waals surface area (Å²) in [7, 11) is 5.66. The van der Waals surface area contributed by atoms with Gasteiger partial charge in [0.15, 0.2) is 17.3 Å². The Bertz CT molecular complexity index is 1420. The molecule has 0 spiro atoms. The number of aromatic hydroxyl groups is 1. The molecule has 0 radical (unpaired) electrons. The van der Waals surface area contributed by atoms with Crippen LogP contribution < -0.4 is 4.74 Å². The quantitative estimate of drug-likeness (QED) is 0.326. The van der Waals surface area contributed by atoms with Gasteiger partial charge < -0.3 is 14.7 Å². The molecule has 5 nitrogen and oxygen atoms in total. The van der Waals surface area contributed by atoms with Crippen LogP contribution in [0.15, 0.2) is 60.8 Å². The maximum atomic E-state index is 13.3. The van der Waals surface area contributed by atoms with Crippen LogP contribution in [0.2, 0.25) is 0 Å². The monoisotopic (exact) mass is 466 g/mol. The second-order valence-electron chi connectivity index (χ2n) is 9.70. The second kappa shape index (κ2) is 9.16. The van der Waals surface area contributed by atoms with Crippen molar-refractivity contribution in [2.45, 2.75) is 26.3 Å². The normalized spacial score (nSPS) is 13.4. The van der Waals surface area contributed by atoms with Crippen LogP contribution in [0.4, 0.5) is 0 Å². The zero-order chi connectivity index (χ0) is 24.7. The Morgan fingerprint density at radius 2 is 1.74 bits per heavy atom. The van der Waals surface area contributed by atoms with Gasteiger partial charge in [-0.2, -0.15) is 0 Å². The van der Waals surface area contributed by atoms with Gasteiger partial charge in [-0.05, 0) is 85.9 Å². The van der Waals surface area contributed by atoms with Gasteiger partial charge in [0.05, 0.1) is 12.6 Å².